The summed E-state index contributed by atoms with van der Waals surface area (Å²) < 4.78 is 0. The van der Waals surface area contributed by atoms with E-state index in [1.807, 2.05) is 24.3 Å². The van der Waals surface area contributed by atoms with E-state index in [-0.39, 0.29) is 5.91 Å². The van der Waals surface area contributed by atoms with Crippen molar-refractivity contribution < 1.29 is 4.79 Å². The first-order valence-corrected chi connectivity index (χ1v) is 13.4. The Morgan fingerprint density at radius 2 is 1.49 bits per heavy atom. The van der Waals surface area contributed by atoms with Crippen LogP contribution in [0.2, 0.25) is 0 Å². The van der Waals surface area contributed by atoms with Gasteiger partial charge in [-0.15, -0.1) is 0 Å². The molecule has 0 saturated heterocycles. The van der Waals surface area contributed by atoms with Crippen molar-refractivity contribution in [1.29, 1.82) is 0 Å². The van der Waals surface area contributed by atoms with Crippen molar-refractivity contribution in [1.82, 2.24) is 10.6 Å². The molecule has 1 amide bonds. The van der Waals surface area contributed by atoms with Crippen molar-refractivity contribution in [2.45, 2.75) is 31.7 Å². The topological polar surface area (TPSA) is 41.1 Å². The van der Waals surface area contributed by atoms with Crippen molar-refractivity contribution >= 4 is 43.8 Å². The summed E-state index contributed by atoms with van der Waals surface area (Å²) in [4.78, 5) is 12.8. The lowest BCUT2D eigenvalue weighted by Crippen LogP contribution is -2.33. The number of benzene rings is 5. The van der Waals surface area contributed by atoms with E-state index >= 15 is 0 Å². The van der Waals surface area contributed by atoms with Gasteiger partial charge in [0, 0.05) is 24.7 Å². The second kappa shape index (κ2) is 10.6. The van der Waals surface area contributed by atoms with Crippen LogP contribution in [-0.4, -0.2) is 25.0 Å². The Bertz CT molecular complexity index is 1610. The summed E-state index contributed by atoms with van der Waals surface area (Å²) in [6.07, 6.45) is 6.57. The first-order valence-electron chi connectivity index (χ1n) is 13.4. The van der Waals surface area contributed by atoms with Crippen molar-refractivity contribution in [2.75, 3.05) is 13.1 Å². The highest BCUT2D eigenvalue weighted by molar-refractivity contribution is 6.03. The molecule has 1 unspecified atom stereocenters. The van der Waals surface area contributed by atoms with Crippen molar-refractivity contribution in [3.05, 3.63) is 114 Å². The third kappa shape index (κ3) is 5.14. The van der Waals surface area contributed by atoms with Gasteiger partial charge in [0.25, 0.3) is 5.91 Å². The Labute approximate surface area is 218 Å². The van der Waals surface area contributed by atoms with E-state index in [2.05, 4.69) is 89.5 Å². The summed E-state index contributed by atoms with van der Waals surface area (Å²) in [5, 5.41) is 14.1. The molecule has 1 aliphatic heterocycles. The van der Waals surface area contributed by atoms with E-state index in [0.29, 0.717) is 12.6 Å². The van der Waals surface area contributed by atoms with Crippen molar-refractivity contribution in [3.63, 3.8) is 0 Å². The zero-order valence-electron chi connectivity index (χ0n) is 21.0. The molecular formula is C34H32N2O. The van der Waals surface area contributed by atoms with Crippen LogP contribution in [0.15, 0.2) is 103 Å². The Hall–Kier alpha value is -3.95. The molecule has 0 bridgehead atoms. The lowest BCUT2D eigenvalue weighted by Gasteiger charge is -2.25. The number of carbonyl (C=O) groups excluding carboxylic acids is 1. The average Bonchev–Trinajstić information content (AvgIpc) is 2.95. The smallest absolute Gasteiger partial charge is 0.251 e. The standard InChI is InChI=1S/C34H32N2O/c37-34(29-16-15-27-20-25-9-1-2-10-26(25)21-30(27)22-29)36-18-6-5-12-31-23-28(17-19-35-31)33-14-7-11-24-8-3-4-13-32(24)33/h1-4,7-11,13-17,20-22,31,35H,5-6,12,18-19,23H2,(H,36,37). The average molecular weight is 485 g/mol. The number of hydrogen-bond acceptors (Lipinski definition) is 2. The number of unbranched alkanes of at least 4 members (excludes halogenated alkanes) is 1. The number of nitrogens with one attached hydrogen (secondary N) is 2. The summed E-state index contributed by atoms with van der Waals surface area (Å²) in [6, 6.07) is 34.4. The number of rotatable bonds is 7. The van der Waals surface area contributed by atoms with Gasteiger partial charge in [-0.1, -0.05) is 85.3 Å². The summed E-state index contributed by atoms with van der Waals surface area (Å²) in [6.45, 7) is 1.62. The van der Waals surface area contributed by atoms with E-state index < -0.39 is 0 Å². The molecule has 184 valence electrons. The van der Waals surface area contributed by atoms with E-state index in [1.165, 1.54) is 32.7 Å². The number of hydrogen-bond donors (Lipinski definition) is 2. The van der Waals surface area contributed by atoms with Gasteiger partial charge in [0.1, 0.15) is 0 Å². The van der Waals surface area contributed by atoms with Crippen LogP contribution in [0, 0.1) is 0 Å². The summed E-state index contributed by atoms with van der Waals surface area (Å²) in [5.74, 6) is 0.00650. The molecule has 5 aromatic rings. The predicted octanol–water partition coefficient (Wildman–Crippen LogP) is 7.49. The Balaban J connectivity index is 1.01. The summed E-state index contributed by atoms with van der Waals surface area (Å²) in [5.41, 5.74) is 3.53. The highest BCUT2D eigenvalue weighted by Crippen LogP contribution is 2.30. The van der Waals surface area contributed by atoms with Crippen molar-refractivity contribution in [2.24, 2.45) is 0 Å². The molecular weight excluding hydrogens is 452 g/mol. The molecule has 6 rings (SSSR count). The van der Waals surface area contributed by atoms with Gasteiger partial charge >= 0.3 is 0 Å². The minimum absolute atomic E-state index is 0.00650. The van der Waals surface area contributed by atoms with Crippen LogP contribution in [0.5, 0.6) is 0 Å². The summed E-state index contributed by atoms with van der Waals surface area (Å²) >= 11 is 0. The zero-order valence-corrected chi connectivity index (χ0v) is 21.0. The molecule has 0 aliphatic carbocycles. The molecule has 0 fully saturated rings. The van der Waals surface area contributed by atoms with Gasteiger partial charge in [0.2, 0.25) is 0 Å². The van der Waals surface area contributed by atoms with Crippen LogP contribution in [-0.2, 0) is 0 Å². The lowest BCUT2D eigenvalue weighted by atomic mass is 9.90. The van der Waals surface area contributed by atoms with Crippen LogP contribution < -0.4 is 10.6 Å². The SMILES string of the molecule is O=C(NCCCCC1CC(c2cccc3ccccc23)=CCN1)c1ccc2cc3ccccc3cc2c1. The van der Waals surface area contributed by atoms with Gasteiger partial charge in [-0.05, 0) is 87.0 Å². The molecule has 1 heterocycles. The maximum absolute atomic E-state index is 12.8. The monoisotopic (exact) mass is 484 g/mol. The maximum atomic E-state index is 12.8. The molecule has 0 spiro atoms. The maximum Gasteiger partial charge on any atom is 0.251 e. The first-order chi connectivity index (χ1) is 18.2. The lowest BCUT2D eigenvalue weighted by molar-refractivity contribution is 0.0953. The third-order valence-corrected chi connectivity index (χ3v) is 7.59. The van der Waals surface area contributed by atoms with E-state index in [4.69, 9.17) is 0 Å². The normalized spacial score (nSPS) is 15.7. The fraction of sp³-hybridized carbons (Fsp3) is 0.206. The summed E-state index contributed by atoms with van der Waals surface area (Å²) in [7, 11) is 0. The minimum Gasteiger partial charge on any atom is -0.352 e. The predicted molar refractivity (Wildman–Crippen MR) is 156 cm³/mol. The second-order valence-corrected chi connectivity index (χ2v) is 10.1. The van der Waals surface area contributed by atoms with Crippen LogP contribution >= 0.6 is 0 Å². The largest absolute Gasteiger partial charge is 0.352 e. The second-order valence-electron chi connectivity index (χ2n) is 10.1. The third-order valence-electron chi connectivity index (χ3n) is 7.59. The fourth-order valence-corrected chi connectivity index (χ4v) is 5.60. The molecule has 1 atom stereocenters. The zero-order chi connectivity index (χ0) is 25.0. The van der Waals surface area contributed by atoms with Crippen LogP contribution in [0.4, 0.5) is 0 Å². The van der Waals surface area contributed by atoms with E-state index in [1.54, 1.807) is 0 Å². The molecule has 1 aliphatic rings. The quantitative estimate of drug-likeness (QED) is 0.186. The molecule has 3 heteroatoms. The number of carbonyl (C=O) groups is 1. The number of fused-ring (bicyclic) bond motifs is 3. The van der Waals surface area contributed by atoms with Gasteiger partial charge in [0.15, 0.2) is 0 Å². The minimum atomic E-state index is 0.00650. The highest BCUT2D eigenvalue weighted by Gasteiger charge is 2.17. The van der Waals surface area contributed by atoms with Crippen LogP contribution in [0.3, 0.4) is 0 Å². The van der Waals surface area contributed by atoms with E-state index in [0.717, 1.165) is 48.6 Å². The fourth-order valence-electron chi connectivity index (χ4n) is 5.60. The van der Waals surface area contributed by atoms with Crippen LogP contribution in [0.25, 0.3) is 37.9 Å². The van der Waals surface area contributed by atoms with Gasteiger partial charge < -0.3 is 10.6 Å². The first kappa shape index (κ1) is 23.4. The molecule has 3 nitrogen and oxygen atoms in total. The highest BCUT2D eigenvalue weighted by atomic mass is 16.1. The molecule has 2 N–H and O–H groups in total. The molecule has 0 saturated carbocycles. The molecule has 5 aromatic carbocycles. The van der Waals surface area contributed by atoms with Crippen molar-refractivity contribution in [3.8, 4) is 0 Å². The Morgan fingerprint density at radius 3 is 2.35 bits per heavy atom. The molecule has 0 radical (unpaired) electrons. The van der Waals surface area contributed by atoms with E-state index in [9.17, 15) is 4.79 Å². The Kier molecular flexibility index (Phi) is 6.70. The van der Waals surface area contributed by atoms with Gasteiger partial charge in [-0.25, -0.2) is 0 Å². The number of amides is 1. The van der Waals surface area contributed by atoms with Gasteiger partial charge in [0.05, 0.1) is 0 Å². The van der Waals surface area contributed by atoms with Crippen LogP contribution in [0.1, 0.15) is 41.6 Å². The van der Waals surface area contributed by atoms with Gasteiger partial charge in [-0.3, -0.25) is 4.79 Å². The van der Waals surface area contributed by atoms with Gasteiger partial charge in [-0.2, -0.15) is 0 Å². The molecule has 37 heavy (non-hydrogen) atoms. The molecule has 0 aromatic heterocycles. The Morgan fingerprint density at radius 1 is 0.757 bits per heavy atom.